The van der Waals surface area contributed by atoms with Crippen molar-refractivity contribution in [3.63, 3.8) is 0 Å². The van der Waals surface area contributed by atoms with Crippen LogP contribution in [0.2, 0.25) is 0 Å². The first kappa shape index (κ1) is 17.9. The Morgan fingerprint density at radius 3 is 2.71 bits per heavy atom. The highest BCUT2D eigenvalue weighted by Gasteiger charge is 2.22. The van der Waals surface area contributed by atoms with Gasteiger partial charge in [-0.1, -0.05) is 6.07 Å². The van der Waals surface area contributed by atoms with E-state index in [2.05, 4.69) is 10.3 Å². The van der Waals surface area contributed by atoms with Crippen LogP contribution in [0.5, 0.6) is 0 Å². The van der Waals surface area contributed by atoms with Gasteiger partial charge in [0.15, 0.2) is 0 Å². The fourth-order valence-electron chi connectivity index (χ4n) is 2.20. The van der Waals surface area contributed by atoms with E-state index in [1.165, 1.54) is 0 Å². The third-order valence-corrected chi connectivity index (χ3v) is 3.41. The van der Waals surface area contributed by atoms with Gasteiger partial charge in [-0.05, 0) is 45.0 Å². The number of rotatable bonds is 6. The van der Waals surface area contributed by atoms with Crippen LogP contribution in [0.1, 0.15) is 37.6 Å². The van der Waals surface area contributed by atoms with Crippen LogP contribution < -0.4 is 5.32 Å². The number of carbonyl (C=O) groups is 2. The number of aromatic nitrogens is 1. The molecule has 6 heteroatoms. The number of carboxylic acid groups (broad SMARTS) is 1. The molecule has 0 saturated carbocycles. The first-order valence-electron chi connectivity index (χ1n) is 7.79. The Balaban J connectivity index is 2.04. The van der Waals surface area contributed by atoms with E-state index in [-0.39, 0.29) is 18.6 Å². The summed E-state index contributed by atoms with van der Waals surface area (Å²) in [5.74, 6) is -1.51. The zero-order chi connectivity index (χ0) is 17.7. The molecule has 0 fully saturated rings. The lowest BCUT2D eigenvalue weighted by molar-refractivity contribution is -0.140. The van der Waals surface area contributed by atoms with Crippen LogP contribution >= 0.6 is 0 Å². The van der Waals surface area contributed by atoms with E-state index < -0.39 is 17.9 Å². The summed E-state index contributed by atoms with van der Waals surface area (Å²) in [6, 6.07) is 7.71. The van der Waals surface area contributed by atoms with Gasteiger partial charge in [0, 0.05) is 30.2 Å². The van der Waals surface area contributed by atoms with Gasteiger partial charge in [0.05, 0.1) is 11.1 Å². The molecule has 1 heterocycles. The van der Waals surface area contributed by atoms with Gasteiger partial charge in [0.25, 0.3) is 5.91 Å². The molecule has 24 heavy (non-hydrogen) atoms. The molecule has 0 saturated heterocycles. The highest BCUT2D eigenvalue weighted by Crippen LogP contribution is 2.14. The Hall–Kier alpha value is -2.47. The predicted octanol–water partition coefficient (Wildman–Crippen LogP) is 2.62. The number of nitrogens with zero attached hydrogens (tertiary/aromatic N) is 1. The fraction of sp³-hybridized carbons (Fsp3) is 0.389. The summed E-state index contributed by atoms with van der Waals surface area (Å²) >= 11 is 0. The lowest BCUT2D eigenvalue weighted by Gasteiger charge is -2.21. The van der Waals surface area contributed by atoms with Crippen LogP contribution in [0, 0.1) is 0 Å². The molecule has 2 rings (SSSR count). The number of hydrogen-bond acceptors (Lipinski definition) is 4. The van der Waals surface area contributed by atoms with E-state index in [0.717, 1.165) is 10.9 Å². The maximum Gasteiger partial charge on any atom is 0.326 e. The molecule has 0 aliphatic carbocycles. The van der Waals surface area contributed by atoms with Crippen molar-refractivity contribution in [3.8, 4) is 0 Å². The van der Waals surface area contributed by atoms with Gasteiger partial charge in [0.1, 0.15) is 6.04 Å². The molecule has 1 aromatic carbocycles. The SMILES string of the molecule is CC(C)(C)OCCC(NC(=O)c1ccc2ncccc2c1)C(=O)O. The molecule has 1 aromatic heterocycles. The van der Waals surface area contributed by atoms with Crippen LogP contribution in [-0.4, -0.2) is 40.2 Å². The number of amides is 1. The molecule has 0 radical (unpaired) electrons. The average molecular weight is 330 g/mol. The highest BCUT2D eigenvalue weighted by atomic mass is 16.5. The van der Waals surface area contributed by atoms with Gasteiger partial charge in [-0.3, -0.25) is 9.78 Å². The van der Waals surface area contributed by atoms with Crippen LogP contribution in [-0.2, 0) is 9.53 Å². The number of hydrogen-bond donors (Lipinski definition) is 2. The Morgan fingerprint density at radius 2 is 2.04 bits per heavy atom. The van der Waals surface area contributed by atoms with E-state index >= 15 is 0 Å². The molecule has 1 atom stereocenters. The zero-order valence-electron chi connectivity index (χ0n) is 14.1. The smallest absolute Gasteiger partial charge is 0.326 e. The van der Waals surface area contributed by atoms with E-state index in [9.17, 15) is 14.7 Å². The number of carbonyl (C=O) groups excluding carboxylic acids is 1. The number of carboxylic acids is 1. The summed E-state index contributed by atoms with van der Waals surface area (Å²) < 4.78 is 5.53. The molecule has 2 N–H and O–H groups in total. The van der Waals surface area contributed by atoms with Crippen molar-refractivity contribution in [1.29, 1.82) is 0 Å². The number of pyridine rings is 1. The van der Waals surface area contributed by atoms with Crippen LogP contribution in [0.4, 0.5) is 0 Å². The molecule has 6 nitrogen and oxygen atoms in total. The first-order chi connectivity index (χ1) is 11.3. The summed E-state index contributed by atoms with van der Waals surface area (Å²) in [5.41, 5.74) is 0.833. The molecule has 0 bridgehead atoms. The molecule has 2 aromatic rings. The number of ether oxygens (including phenoxy) is 1. The van der Waals surface area contributed by atoms with Crippen LogP contribution in [0.25, 0.3) is 10.9 Å². The molecule has 0 spiro atoms. The van der Waals surface area contributed by atoms with Gasteiger partial charge < -0.3 is 15.2 Å². The predicted molar refractivity (Wildman–Crippen MR) is 91.0 cm³/mol. The Kier molecular flexibility index (Phi) is 5.51. The Labute approximate surface area is 140 Å². The highest BCUT2D eigenvalue weighted by molar-refractivity contribution is 5.99. The Morgan fingerprint density at radius 1 is 1.29 bits per heavy atom. The summed E-state index contributed by atoms with van der Waals surface area (Å²) in [5, 5.41) is 12.7. The quantitative estimate of drug-likeness (QED) is 0.850. The number of fused-ring (bicyclic) bond motifs is 1. The lowest BCUT2D eigenvalue weighted by atomic mass is 10.1. The van der Waals surface area contributed by atoms with Gasteiger partial charge >= 0.3 is 5.97 Å². The van der Waals surface area contributed by atoms with Crippen LogP contribution in [0.15, 0.2) is 36.5 Å². The second-order valence-electron chi connectivity index (χ2n) is 6.52. The van der Waals surface area contributed by atoms with E-state index in [4.69, 9.17) is 4.74 Å². The van der Waals surface area contributed by atoms with Gasteiger partial charge in [0.2, 0.25) is 0 Å². The van der Waals surface area contributed by atoms with E-state index in [1.54, 1.807) is 30.5 Å². The van der Waals surface area contributed by atoms with Gasteiger partial charge in [-0.15, -0.1) is 0 Å². The van der Waals surface area contributed by atoms with Gasteiger partial charge in [-0.25, -0.2) is 4.79 Å². The second-order valence-corrected chi connectivity index (χ2v) is 6.52. The van der Waals surface area contributed by atoms with Crippen molar-refractivity contribution in [2.75, 3.05) is 6.61 Å². The zero-order valence-corrected chi connectivity index (χ0v) is 14.1. The maximum atomic E-state index is 12.3. The lowest BCUT2D eigenvalue weighted by Crippen LogP contribution is -2.42. The monoisotopic (exact) mass is 330 g/mol. The minimum absolute atomic E-state index is 0.202. The van der Waals surface area contributed by atoms with E-state index in [1.807, 2.05) is 26.8 Å². The number of nitrogens with one attached hydrogen (secondary N) is 1. The second kappa shape index (κ2) is 7.40. The summed E-state index contributed by atoms with van der Waals surface area (Å²) in [6.45, 7) is 5.93. The molecule has 0 aliphatic heterocycles. The summed E-state index contributed by atoms with van der Waals surface area (Å²) in [6.07, 6.45) is 1.88. The van der Waals surface area contributed by atoms with Crippen LogP contribution in [0.3, 0.4) is 0 Å². The summed E-state index contributed by atoms with van der Waals surface area (Å²) in [7, 11) is 0. The van der Waals surface area contributed by atoms with Crippen molar-refractivity contribution in [2.45, 2.75) is 38.8 Å². The minimum Gasteiger partial charge on any atom is -0.480 e. The molecule has 1 unspecified atom stereocenters. The average Bonchev–Trinajstić information content (AvgIpc) is 2.52. The van der Waals surface area contributed by atoms with Crippen molar-refractivity contribution in [3.05, 3.63) is 42.1 Å². The normalized spacial score (nSPS) is 12.8. The maximum absolute atomic E-state index is 12.3. The van der Waals surface area contributed by atoms with Gasteiger partial charge in [-0.2, -0.15) is 0 Å². The first-order valence-corrected chi connectivity index (χ1v) is 7.79. The molecule has 128 valence electrons. The third-order valence-electron chi connectivity index (χ3n) is 3.41. The fourth-order valence-corrected chi connectivity index (χ4v) is 2.20. The summed E-state index contributed by atoms with van der Waals surface area (Å²) in [4.78, 5) is 27.9. The topological polar surface area (TPSA) is 88.5 Å². The molecule has 1 amide bonds. The molecule has 0 aliphatic rings. The minimum atomic E-state index is -1.08. The third kappa shape index (κ3) is 5.03. The standard InChI is InChI=1S/C18H22N2O4/c1-18(2,3)24-10-8-15(17(22)23)20-16(21)13-6-7-14-12(11-13)5-4-9-19-14/h4-7,9,11,15H,8,10H2,1-3H3,(H,20,21)(H,22,23). The number of benzene rings is 1. The van der Waals surface area contributed by atoms with Crippen molar-refractivity contribution >= 4 is 22.8 Å². The number of aliphatic carboxylic acids is 1. The molecular weight excluding hydrogens is 308 g/mol. The van der Waals surface area contributed by atoms with Crippen molar-refractivity contribution in [2.24, 2.45) is 0 Å². The largest absolute Gasteiger partial charge is 0.480 e. The Bertz CT molecular complexity index is 737. The molecular formula is C18H22N2O4. The van der Waals surface area contributed by atoms with E-state index in [0.29, 0.717) is 5.56 Å². The van der Waals surface area contributed by atoms with Crippen molar-refractivity contribution < 1.29 is 19.4 Å². The van der Waals surface area contributed by atoms with Crippen molar-refractivity contribution in [1.82, 2.24) is 10.3 Å².